The molecule has 174 valence electrons. The van der Waals surface area contributed by atoms with Crippen molar-refractivity contribution in [3.63, 3.8) is 0 Å². The Morgan fingerprint density at radius 3 is 2.76 bits per heavy atom. The van der Waals surface area contributed by atoms with E-state index in [0.29, 0.717) is 35.6 Å². The zero-order valence-corrected chi connectivity index (χ0v) is 18.7. The van der Waals surface area contributed by atoms with Gasteiger partial charge in [-0.2, -0.15) is 19.9 Å². The third-order valence-corrected chi connectivity index (χ3v) is 5.95. The van der Waals surface area contributed by atoms with Gasteiger partial charge in [-0.15, -0.1) is 0 Å². The Kier molecular flexibility index (Phi) is 6.13. The molecule has 0 amide bonds. The number of nitrogens with two attached hydrogens (primary N) is 1. The van der Waals surface area contributed by atoms with Crippen molar-refractivity contribution in [2.75, 3.05) is 24.1 Å². The number of halogens is 1. The summed E-state index contributed by atoms with van der Waals surface area (Å²) >= 11 is 0. The van der Waals surface area contributed by atoms with E-state index in [1.807, 2.05) is 30.3 Å². The highest BCUT2D eigenvalue weighted by Gasteiger charge is 2.30. The molecular weight excluding hydrogens is 435 g/mol. The second-order valence-corrected chi connectivity index (χ2v) is 8.34. The first-order valence-electron chi connectivity index (χ1n) is 11.2. The fraction of sp³-hybridized carbons (Fsp3) is 0.292. The van der Waals surface area contributed by atoms with Gasteiger partial charge < -0.3 is 15.6 Å². The van der Waals surface area contributed by atoms with Crippen LogP contribution in [0, 0.1) is 5.82 Å². The van der Waals surface area contributed by atoms with E-state index in [1.54, 1.807) is 12.1 Å². The molecule has 2 aromatic heterocycles. The molecule has 1 fully saturated rings. The molecule has 5 rings (SSSR count). The third-order valence-electron chi connectivity index (χ3n) is 5.95. The van der Waals surface area contributed by atoms with Gasteiger partial charge in [-0.25, -0.2) is 4.39 Å². The normalized spacial score (nSPS) is 17.4. The van der Waals surface area contributed by atoms with Crippen LogP contribution in [-0.4, -0.2) is 43.1 Å². The number of benzene rings is 2. The van der Waals surface area contributed by atoms with E-state index in [4.69, 9.17) is 10.3 Å². The van der Waals surface area contributed by atoms with E-state index in [9.17, 15) is 4.39 Å². The molecule has 2 aromatic carbocycles. The second kappa shape index (κ2) is 9.52. The van der Waals surface area contributed by atoms with Crippen LogP contribution in [0.25, 0.3) is 11.4 Å². The average Bonchev–Trinajstić information content (AvgIpc) is 3.35. The van der Waals surface area contributed by atoms with Gasteiger partial charge in [0.2, 0.25) is 23.6 Å². The number of nitrogens with one attached hydrogen (secondary N) is 1. The molecule has 3 heterocycles. The quantitative estimate of drug-likeness (QED) is 0.433. The van der Waals surface area contributed by atoms with E-state index < -0.39 is 0 Å². The van der Waals surface area contributed by atoms with Crippen LogP contribution in [0.1, 0.15) is 43.4 Å². The summed E-state index contributed by atoms with van der Waals surface area (Å²) in [5.74, 6) is 1.84. The van der Waals surface area contributed by atoms with Gasteiger partial charge in [-0.1, -0.05) is 35.5 Å². The van der Waals surface area contributed by atoms with Crippen LogP contribution in [0.2, 0.25) is 0 Å². The smallest absolute Gasteiger partial charge is 0.232 e. The van der Waals surface area contributed by atoms with Crippen LogP contribution < -0.4 is 11.1 Å². The largest absolute Gasteiger partial charge is 0.368 e. The van der Waals surface area contributed by atoms with Crippen molar-refractivity contribution < 1.29 is 8.91 Å². The fourth-order valence-corrected chi connectivity index (χ4v) is 4.17. The molecule has 2 atom stereocenters. The van der Waals surface area contributed by atoms with Crippen molar-refractivity contribution in [3.8, 4) is 11.4 Å². The summed E-state index contributed by atoms with van der Waals surface area (Å²) in [5.41, 5.74) is 7.45. The lowest BCUT2D eigenvalue weighted by atomic mass is 9.96. The van der Waals surface area contributed by atoms with Crippen LogP contribution in [0.5, 0.6) is 0 Å². The van der Waals surface area contributed by atoms with Crippen LogP contribution in [0.4, 0.5) is 22.0 Å². The minimum Gasteiger partial charge on any atom is -0.368 e. The predicted molar refractivity (Wildman–Crippen MR) is 126 cm³/mol. The molecule has 4 aromatic rings. The summed E-state index contributed by atoms with van der Waals surface area (Å²) < 4.78 is 19.1. The summed E-state index contributed by atoms with van der Waals surface area (Å²) in [4.78, 5) is 20.0. The first kappa shape index (κ1) is 21.9. The molecule has 1 aliphatic rings. The topological polar surface area (TPSA) is 119 Å². The summed E-state index contributed by atoms with van der Waals surface area (Å²) in [5, 5.41) is 7.24. The molecule has 2 unspecified atom stereocenters. The monoisotopic (exact) mass is 460 g/mol. The lowest BCUT2D eigenvalue weighted by molar-refractivity contribution is 0.140. The average molecular weight is 461 g/mol. The van der Waals surface area contributed by atoms with Gasteiger partial charge in [-0.3, -0.25) is 4.90 Å². The standard InChI is InChI=1S/C24H25FN8O/c1-15(20-29-23(26)31-24(30-20)27-19-10-3-2-4-11-19)33-12-6-8-17(14-33)22-28-21(32-34-22)16-7-5-9-18(25)13-16/h2-5,7,9-11,13,15,17H,6,8,12,14H2,1H3,(H3,26,27,29,30,31). The Morgan fingerprint density at radius 2 is 1.94 bits per heavy atom. The Bertz CT molecular complexity index is 1260. The van der Waals surface area contributed by atoms with Crippen LogP contribution in [0.15, 0.2) is 59.1 Å². The van der Waals surface area contributed by atoms with Crippen molar-refractivity contribution in [3.05, 3.63) is 72.1 Å². The Balaban J connectivity index is 1.31. The number of likely N-dealkylation sites (tertiary alicyclic amines) is 1. The van der Waals surface area contributed by atoms with Gasteiger partial charge in [0.1, 0.15) is 5.82 Å². The predicted octanol–water partition coefficient (Wildman–Crippen LogP) is 4.33. The highest BCUT2D eigenvalue weighted by molar-refractivity contribution is 5.54. The number of hydrogen-bond donors (Lipinski definition) is 2. The highest BCUT2D eigenvalue weighted by atomic mass is 19.1. The molecule has 9 nitrogen and oxygen atoms in total. The zero-order valence-electron chi connectivity index (χ0n) is 18.7. The van der Waals surface area contributed by atoms with Gasteiger partial charge in [0.15, 0.2) is 5.82 Å². The fourth-order valence-electron chi connectivity index (χ4n) is 4.17. The van der Waals surface area contributed by atoms with E-state index in [2.05, 4.69) is 42.2 Å². The van der Waals surface area contributed by atoms with Gasteiger partial charge >= 0.3 is 0 Å². The number of rotatable bonds is 6. The van der Waals surface area contributed by atoms with Gasteiger partial charge in [-0.05, 0) is 50.6 Å². The Labute approximate surface area is 196 Å². The highest BCUT2D eigenvalue weighted by Crippen LogP contribution is 2.32. The molecule has 0 saturated carbocycles. The molecule has 10 heteroatoms. The molecule has 0 radical (unpaired) electrons. The maximum Gasteiger partial charge on any atom is 0.232 e. The summed E-state index contributed by atoms with van der Waals surface area (Å²) in [7, 11) is 0. The van der Waals surface area contributed by atoms with E-state index >= 15 is 0 Å². The summed E-state index contributed by atoms with van der Waals surface area (Å²) in [6.45, 7) is 3.64. The minimum absolute atomic E-state index is 0.0621. The first-order valence-corrected chi connectivity index (χ1v) is 11.2. The number of piperidine rings is 1. The van der Waals surface area contributed by atoms with Gasteiger partial charge in [0, 0.05) is 17.8 Å². The van der Waals surface area contributed by atoms with E-state index in [-0.39, 0.29) is 23.7 Å². The van der Waals surface area contributed by atoms with Gasteiger partial charge in [0.25, 0.3) is 0 Å². The van der Waals surface area contributed by atoms with Crippen molar-refractivity contribution >= 4 is 17.6 Å². The lowest BCUT2D eigenvalue weighted by Crippen LogP contribution is -2.37. The maximum atomic E-state index is 13.6. The molecular formula is C24H25FN8O. The molecule has 0 aliphatic carbocycles. The molecule has 1 saturated heterocycles. The summed E-state index contributed by atoms with van der Waals surface area (Å²) in [6.07, 6.45) is 1.89. The van der Waals surface area contributed by atoms with Crippen molar-refractivity contribution in [1.29, 1.82) is 0 Å². The number of anilines is 3. The SMILES string of the molecule is CC(c1nc(N)nc(Nc2ccccc2)n1)N1CCCC(c2nc(-c3cccc(F)c3)no2)C1. The van der Waals surface area contributed by atoms with Crippen LogP contribution in [0.3, 0.4) is 0 Å². The molecule has 1 aliphatic heterocycles. The van der Waals surface area contributed by atoms with Crippen LogP contribution >= 0.6 is 0 Å². The maximum absolute atomic E-state index is 13.6. The number of nitrogens with zero attached hydrogens (tertiary/aromatic N) is 6. The molecule has 0 spiro atoms. The lowest BCUT2D eigenvalue weighted by Gasteiger charge is -2.34. The van der Waals surface area contributed by atoms with Crippen molar-refractivity contribution in [2.45, 2.75) is 31.7 Å². The second-order valence-electron chi connectivity index (χ2n) is 8.34. The number of hydrogen-bond acceptors (Lipinski definition) is 9. The Morgan fingerprint density at radius 1 is 1.09 bits per heavy atom. The molecule has 0 bridgehead atoms. The number of para-hydroxylation sites is 1. The van der Waals surface area contributed by atoms with Crippen LogP contribution in [-0.2, 0) is 0 Å². The molecule has 3 N–H and O–H groups in total. The summed E-state index contributed by atoms with van der Waals surface area (Å²) in [6, 6.07) is 15.8. The van der Waals surface area contributed by atoms with Gasteiger partial charge in [0.05, 0.1) is 12.0 Å². The number of aromatic nitrogens is 5. The molecule has 34 heavy (non-hydrogen) atoms. The minimum atomic E-state index is -0.334. The van der Waals surface area contributed by atoms with Crippen molar-refractivity contribution in [1.82, 2.24) is 30.0 Å². The number of nitrogen functional groups attached to an aromatic ring is 1. The van der Waals surface area contributed by atoms with E-state index in [1.165, 1.54) is 12.1 Å². The van der Waals surface area contributed by atoms with E-state index in [0.717, 1.165) is 25.1 Å². The first-order chi connectivity index (χ1) is 16.5. The third kappa shape index (κ3) is 4.86. The zero-order chi connectivity index (χ0) is 23.5. The van der Waals surface area contributed by atoms with Crippen molar-refractivity contribution in [2.24, 2.45) is 0 Å². The Hall–Kier alpha value is -3.92.